The number of esters is 2. The fraction of sp³-hybridized carbons (Fsp3) is 0.462. The maximum atomic E-state index is 14.8. The fourth-order valence-corrected chi connectivity index (χ4v) is 7.69. The van der Waals surface area contributed by atoms with Crippen molar-refractivity contribution < 1.29 is 41.8 Å². The normalized spacial score (nSPS) is 19.8. The number of unbranched alkanes of at least 4 members (excludes halogenated alkanes) is 5. The molecule has 5 rings (SSSR count). The average molecular weight is 779 g/mol. The van der Waals surface area contributed by atoms with E-state index in [0.29, 0.717) is 6.42 Å². The summed E-state index contributed by atoms with van der Waals surface area (Å²) in [4.78, 5) is 38.3. The second-order valence-corrected chi connectivity index (χ2v) is 15.3. The molecule has 3 heterocycles. The predicted octanol–water partition coefficient (Wildman–Crippen LogP) is 6.86. The Hall–Kier alpha value is -4.87. The lowest BCUT2D eigenvalue weighted by Crippen LogP contribution is -2.46. The van der Waals surface area contributed by atoms with Crippen molar-refractivity contribution in [2.75, 3.05) is 12.3 Å². The average Bonchev–Trinajstić information content (AvgIpc) is 3.74. The van der Waals surface area contributed by atoms with Crippen LogP contribution in [0.3, 0.4) is 0 Å². The van der Waals surface area contributed by atoms with Crippen LogP contribution in [0.4, 0.5) is 10.2 Å². The molecule has 294 valence electrons. The molecule has 0 spiro atoms. The van der Waals surface area contributed by atoms with Crippen molar-refractivity contribution in [2.45, 2.75) is 109 Å². The van der Waals surface area contributed by atoms with E-state index in [2.05, 4.69) is 32.9 Å². The van der Waals surface area contributed by atoms with Gasteiger partial charge in [0.25, 0.3) is 0 Å². The van der Waals surface area contributed by atoms with Gasteiger partial charge in [0.2, 0.25) is 0 Å². The largest absolute Gasteiger partial charge is 0.462 e. The first kappa shape index (κ1) is 41.3. The molecule has 55 heavy (non-hydrogen) atoms. The zero-order valence-electron chi connectivity index (χ0n) is 31.3. The van der Waals surface area contributed by atoms with Crippen molar-refractivity contribution in [1.82, 2.24) is 24.6 Å². The summed E-state index contributed by atoms with van der Waals surface area (Å²) >= 11 is 0. The molecule has 1 saturated heterocycles. The number of aromatic nitrogens is 4. The number of carbonyl (C=O) groups excluding carboxylic acids is 2. The summed E-state index contributed by atoms with van der Waals surface area (Å²) in [6, 6.07) is 16.1. The highest BCUT2D eigenvalue weighted by molar-refractivity contribution is 7.52. The van der Waals surface area contributed by atoms with Gasteiger partial charge in [-0.25, -0.2) is 9.55 Å². The lowest BCUT2D eigenvalue weighted by atomic mass is 9.98. The summed E-state index contributed by atoms with van der Waals surface area (Å²) in [5.74, 6) is 1.36. The van der Waals surface area contributed by atoms with E-state index in [1.54, 1.807) is 44.2 Å². The molecule has 0 radical (unpaired) electrons. The van der Waals surface area contributed by atoms with E-state index in [0.717, 1.165) is 37.7 Å². The molecule has 0 aliphatic carbocycles. The summed E-state index contributed by atoms with van der Waals surface area (Å²) in [6.07, 6.45) is 9.72. The number of benzene rings is 2. The van der Waals surface area contributed by atoms with E-state index in [9.17, 15) is 18.5 Å². The van der Waals surface area contributed by atoms with Crippen LogP contribution in [0.25, 0.3) is 11.2 Å². The van der Waals surface area contributed by atoms with Crippen LogP contribution >= 0.6 is 7.75 Å². The molecule has 1 aliphatic heterocycles. The van der Waals surface area contributed by atoms with Gasteiger partial charge in [-0.05, 0) is 44.4 Å². The second kappa shape index (κ2) is 19.1. The van der Waals surface area contributed by atoms with Crippen LogP contribution in [0.1, 0.15) is 83.9 Å². The molecule has 16 heteroatoms. The maximum absolute atomic E-state index is 14.8. The lowest BCUT2D eigenvalue weighted by molar-refractivity contribution is -0.158. The number of imidazole rings is 1. The summed E-state index contributed by atoms with van der Waals surface area (Å²) in [7, 11) is -4.54. The van der Waals surface area contributed by atoms with Crippen molar-refractivity contribution in [3.63, 3.8) is 0 Å². The zero-order valence-corrected chi connectivity index (χ0v) is 32.2. The number of rotatable bonds is 20. The van der Waals surface area contributed by atoms with Gasteiger partial charge >= 0.3 is 25.8 Å². The molecule has 1 fully saturated rings. The summed E-state index contributed by atoms with van der Waals surface area (Å²) < 4.78 is 60.6. The molecule has 3 N–H and O–H groups in total. The third-order valence-corrected chi connectivity index (χ3v) is 10.5. The molecular weight excluding hydrogens is 730 g/mol. The predicted molar refractivity (Wildman–Crippen MR) is 203 cm³/mol. The third kappa shape index (κ3) is 11.1. The second-order valence-electron chi connectivity index (χ2n) is 13.6. The maximum Gasteiger partial charge on any atom is 0.459 e. The minimum Gasteiger partial charge on any atom is -0.462 e. The van der Waals surface area contributed by atoms with E-state index in [4.69, 9.17) is 35.4 Å². The molecule has 4 aromatic rings. The summed E-state index contributed by atoms with van der Waals surface area (Å²) in [5, 5.41) is 2.79. The number of hydrogen-bond donors (Lipinski definition) is 2. The number of nitrogens with two attached hydrogens (primary N) is 1. The van der Waals surface area contributed by atoms with E-state index in [-0.39, 0.29) is 42.0 Å². The van der Waals surface area contributed by atoms with Crippen molar-refractivity contribution in [3.8, 4) is 18.1 Å². The quantitative estimate of drug-likeness (QED) is 0.0313. The first-order valence-electron chi connectivity index (χ1n) is 18.5. The number of ether oxygens (including phenoxy) is 3. The molecule has 0 bridgehead atoms. The van der Waals surface area contributed by atoms with Gasteiger partial charge in [-0.1, -0.05) is 93.5 Å². The van der Waals surface area contributed by atoms with Crippen LogP contribution in [0.5, 0.6) is 5.75 Å². The van der Waals surface area contributed by atoms with Gasteiger partial charge < -0.3 is 24.5 Å². The number of anilines is 1. The van der Waals surface area contributed by atoms with E-state index in [1.807, 2.05) is 30.3 Å². The van der Waals surface area contributed by atoms with Crippen molar-refractivity contribution in [1.29, 1.82) is 0 Å². The van der Waals surface area contributed by atoms with Gasteiger partial charge in [-0.15, -0.1) is 6.42 Å². The fourth-order valence-electron chi connectivity index (χ4n) is 6.17. The van der Waals surface area contributed by atoms with Gasteiger partial charge in [-0.2, -0.15) is 19.4 Å². The van der Waals surface area contributed by atoms with Crippen LogP contribution in [0.2, 0.25) is 0 Å². The Morgan fingerprint density at radius 1 is 1.09 bits per heavy atom. The minimum absolute atomic E-state index is 0.0214. The Morgan fingerprint density at radius 2 is 1.78 bits per heavy atom. The third-order valence-electron chi connectivity index (χ3n) is 8.92. The number of hydrogen-bond acceptors (Lipinski definition) is 12. The minimum atomic E-state index is -4.54. The number of halogens is 1. The lowest BCUT2D eigenvalue weighted by Gasteiger charge is -2.31. The van der Waals surface area contributed by atoms with E-state index >= 15 is 0 Å². The number of nitrogens with one attached hydrogen (secondary N) is 1. The van der Waals surface area contributed by atoms with Gasteiger partial charge in [0.15, 0.2) is 22.6 Å². The monoisotopic (exact) mass is 778 g/mol. The Morgan fingerprint density at radius 3 is 2.47 bits per heavy atom. The molecule has 1 aliphatic rings. The van der Waals surface area contributed by atoms with Crippen LogP contribution in [-0.2, 0) is 39.3 Å². The number of nitrogen functional groups attached to an aromatic ring is 1. The SMILES string of the molecule is C#C[C@]1(CO[P@@](=O)(N[C@@H](Cc2ccccc2)C(=O)OC(C)C)Oc2ccccc2)O[C@@H](n2cnc3c(N)nc(F)nc32)C[C@@H]1OC(=O)CCCCCCCC. The molecule has 0 unspecified atom stereocenters. The summed E-state index contributed by atoms with van der Waals surface area (Å²) in [6.45, 7) is 4.89. The molecular formula is C39H48FN6O8P. The number of para-hydroxylation sites is 1. The van der Waals surface area contributed by atoms with Crippen molar-refractivity contribution >= 4 is 36.7 Å². The van der Waals surface area contributed by atoms with Crippen molar-refractivity contribution in [3.05, 3.63) is 78.6 Å². The Labute approximate surface area is 320 Å². The number of fused-ring (bicyclic) bond motifs is 1. The van der Waals surface area contributed by atoms with Crippen LogP contribution in [-0.4, -0.2) is 61.9 Å². The first-order chi connectivity index (χ1) is 26.4. The smallest absolute Gasteiger partial charge is 0.459 e. The molecule has 5 atom stereocenters. The van der Waals surface area contributed by atoms with Gasteiger partial charge in [0, 0.05) is 12.8 Å². The number of carbonyl (C=O) groups is 2. The molecule has 2 aromatic heterocycles. The van der Waals surface area contributed by atoms with Gasteiger partial charge in [0.05, 0.1) is 12.4 Å². The molecule has 0 amide bonds. The standard InChI is InChI=1S/C39H48FN6O8P/c1-5-7-8-9-10-17-22-33(47)52-31-24-32(46-26-42-34-35(41)43-38(40)44-36(34)46)53-39(31,6-2)25-50-55(49,54-29-20-15-12-16-21-29)45-30(37(48)51-27(3)4)23-28-18-13-11-14-19-28/h2,11-16,18-21,26-27,30-32H,5,7-10,17,22-25H2,1,3-4H3,(H,45,49)(H2,41,43,44)/t30-,31-,32+,39+,55-/m0/s1. The first-order valence-corrected chi connectivity index (χ1v) is 20.0. The van der Waals surface area contributed by atoms with Gasteiger partial charge in [-0.3, -0.25) is 18.7 Å². The van der Waals surface area contributed by atoms with Crippen LogP contribution in [0.15, 0.2) is 67.0 Å². The van der Waals surface area contributed by atoms with Crippen LogP contribution < -0.4 is 15.3 Å². The van der Waals surface area contributed by atoms with Gasteiger partial charge in [0.1, 0.15) is 30.7 Å². The highest BCUT2D eigenvalue weighted by Gasteiger charge is 2.53. The molecule has 14 nitrogen and oxygen atoms in total. The highest BCUT2D eigenvalue weighted by atomic mass is 31.2. The zero-order chi connectivity index (χ0) is 39.4. The van der Waals surface area contributed by atoms with Crippen LogP contribution in [0, 0.1) is 18.4 Å². The van der Waals surface area contributed by atoms with E-state index in [1.165, 1.54) is 10.9 Å². The Balaban J connectivity index is 1.45. The highest BCUT2D eigenvalue weighted by Crippen LogP contribution is 2.49. The molecule has 2 aromatic carbocycles. The topological polar surface area (TPSA) is 179 Å². The Kier molecular flexibility index (Phi) is 14.4. The van der Waals surface area contributed by atoms with E-state index < -0.39 is 62.4 Å². The van der Waals surface area contributed by atoms with Crippen molar-refractivity contribution in [2.24, 2.45) is 0 Å². The number of nitrogens with zero attached hydrogens (tertiary/aromatic N) is 4. The Bertz CT molecular complexity index is 1980. The number of terminal acetylenes is 1. The summed E-state index contributed by atoms with van der Waals surface area (Å²) in [5.41, 5.74) is 4.94. The molecule has 0 saturated carbocycles.